The van der Waals surface area contributed by atoms with E-state index < -0.39 is 0 Å². The highest BCUT2D eigenvalue weighted by molar-refractivity contribution is 7.07. The Morgan fingerprint density at radius 2 is 2.24 bits per heavy atom. The van der Waals surface area contributed by atoms with Crippen LogP contribution in [0, 0.1) is 0 Å². The van der Waals surface area contributed by atoms with Crippen molar-refractivity contribution >= 4 is 17.2 Å². The van der Waals surface area contributed by atoms with Crippen LogP contribution in [0.25, 0.3) is 0 Å². The van der Waals surface area contributed by atoms with E-state index >= 15 is 0 Å². The number of carbonyl (C=O) groups is 1. The summed E-state index contributed by atoms with van der Waals surface area (Å²) in [6.45, 7) is 3.73. The van der Waals surface area contributed by atoms with E-state index in [1.54, 1.807) is 11.3 Å². The third kappa shape index (κ3) is 3.37. The van der Waals surface area contributed by atoms with Gasteiger partial charge in [-0.25, -0.2) is 0 Å². The maximum Gasteiger partial charge on any atom is 0.237 e. The van der Waals surface area contributed by atoms with Crippen LogP contribution in [0.15, 0.2) is 35.0 Å². The van der Waals surface area contributed by atoms with E-state index in [0.717, 1.165) is 36.4 Å². The Labute approximate surface area is 151 Å². The van der Waals surface area contributed by atoms with Gasteiger partial charge < -0.3 is 14.8 Å². The number of hydrogen-bond acceptors (Lipinski definition) is 5. The zero-order chi connectivity index (χ0) is 17.2. The molecule has 1 saturated heterocycles. The Kier molecular flexibility index (Phi) is 4.63. The van der Waals surface area contributed by atoms with Gasteiger partial charge in [0, 0.05) is 12.6 Å². The lowest BCUT2D eigenvalue weighted by atomic mass is 10.1. The molecule has 1 N–H and O–H groups in total. The van der Waals surface area contributed by atoms with Gasteiger partial charge in [0.05, 0.1) is 6.04 Å². The number of hydrogen-bond donors (Lipinski definition) is 1. The Morgan fingerprint density at radius 1 is 1.36 bits per heavy atom. The minimum absolute atomic E-state index is 0.0693. The molecular formula is C19H22N2O3S. The van der Waals surface area contributed by atoms with Crippen molar-refractivity contribution in [3.05, 3.63) is 46.2 Å². The number of amides is 1. The normalized spacial score (nSPS) is 20.6. The minimum atomic E-state index is -0.138. The van der Waals surface area contributed by atoms with Gasteiger partial charge in [-0.3, -0.25) is 9.69 Å². The first kappa shape index (κ1) is 16.4. The summed E-state index contributed by atoms with van der Waals surface area (Å²) in [5, 5.41) is 7.36. The Balaban J connectivity index is 1.37. The second kappa shape index (κ2) is 7.06. The lowest BCUT2D eigenvalue weighted by Crippen LogP contribution is -2.44. The SMILES string of the molecule is C[C@H](C(=O)NCc1ccc2c(c1)OCO2)N1CCC[C@H]1c1ccsc1. The fourth-order valence-electron chi connectivity index (χ4n) is 3.61. The van der Waals surface area contributed by atoms with E-state index in [1.807, 2.05) is 25.1 Å². The number of nitrogens with one attached hydrogen (secondary N) is 1. The number of ether oxygens (including phenoxy) is 2. The number of thiophene rings is 1. The van der Waals surface area contributed by atoms with Crippen LogP contribution in [0.5, 0.6) is 11.5 Å². The number of fused-ring (bicyclic) bond motifs is 1. The number of carbonyl (C=O) groups excluding carboxylic acids is 1. The largest absolute Gasteiger partial charge is 0.454 e. The van der Waals surface area contributed by atoms with Crippen molar-refractivity contribution in [2.45, 2.75) is 38.4 Å². The highest BCUT2D eigenvalue weighted by Gasteiger charge is 2.33. The van der Waals surface area contributed by atoms with E-state index in [1.165, 1.54) is 5.56 Å². The Morgan fingerprint density at radius 3 is 3.08 bits per heavy atom. The van der Waals surface area contributed by atoms with Gasteiger partial charge in [-0.05, 0) is 66.4 Å². The number of benzene rings is 1. The molecule has 0 unspecified atom stereocenters. The summed E-state index contributed by atoms with van der Waals surface area (Å²) in [6.07, 6.45) is 2.26. The quantitative estimate of drug-likeness (QED) is 0.891. The molecule has 3 heterocycles. The molecular weight excluding hydrogens is 336 g/mol. The molecule has 6 heteroatoms. The van der Waals surface area contributed by atoms with Crippen LogP contribution < -0.4 is 14.8 Å². The topological polar surface area (TPSA) is 50.8 Å². The summed E-state index contributed by atoms with van der Waals surface area (Å²) in [5.41, 5.74) is 2.35. The fourth-order valence-corrected chi connectivity index (χ4v) is 4.32. The first-order chi connectivity index (χ1) is 12.2. The van der Waals surface area contributed by atoms with Gasteiger partial charge in [0.2, 0.25) is 12.7 Å². The van der Waals surface area contributed by atoms with Crippen LogP contribution in [-0.4, -0.2) is 30.2 Å². The molecule has 4 rings (SSSR count). The number of rotatable bonds is 5. The summed E-state index contributed by atoms with van der Waals surface area (Å²) in [6, 6.07) is 8.17. The third-order valence-corrected chi connectivity index (χ3v) is 5.70. The van der Waals surface area contributed by atoms with E-state index in [9.17, 15) is 4.79 Å². The maximum atomic E-state index is 12.6. The summed E-state index contributed by atoms with van der Waals surface area (Å²) < 4.78 is 10.7. The van der Waals surface area contributed by atoms with Crippen molar-refractivity contribution in [2.75, 3.05) is 13.3 Å². The van der Waals surface area contributed by atoms with Crippen molar-refractivity contribution in [1.29, 1.82) is 0 Å². The molecule has 1 aromatic carbocycles. The van der Waals surface area contributed by atoms with Crippen LogP contribution in [0.2, 0.25) is 0 Å². The van der Waals surface area contributed by atoms with Crippen LogP contribution in [0.1, 0.15) is 36.9 Å². The lowest BCUT2D eigenvalue weighted by molar-refractivity contribution is -0.126. The third-order valence-electron chi connectivity index (χ3n) is 5.00. The fraction of sp³-hybridized carbons (Fsp3) is 0.421. The predicted molar refractivity (Wildman–Crippen MR) is 96.9 cm³/mol. The molecule has 1 aromatic heterocycles. The molecule has 2 aliphatic rings. The van der Waals surface area contributed by atoms with Crippen molar-refractivity contribution in [3.8, 4) is 11.5 Å². The molecule has 0 saturated carbocycles. The average molecular weight is 358 g/mol. The molecule has 0 bridgehead atoms. The van der Waals surface area contributed by atoms with Gasteiger partial charge in [-0.15, -0.1) is 0 Å². The smallest absolute Gasteiger partial charge is 0.237 e. The standard InChI is InChI=1S/C19H22N2O3S/c1-13(21-7-2-3-16(21)15-6-8-25-11-15)19(22)20-10-14-4-5-17-18(9-14)24-12-23-17/h4-6,8-9,11,13,16H,2-3,7,10,12H2,1H3,(H,20,22)/t13-,16+/m1/s1. The number of likely N-dealkylation sites (tertiary alicyclic amines) is 1. The highest BCUT2D eigenvalue weighted by Crippen LogP contribution is 2.35. The van der Waals surface area contributed by atoms with Gasteiger partial charge in [0.25, 0.3) is 0 Å². The zero-order valence-corrected chi connectivity index (χ0v) is 15.1. The summed E-state index contributed by atoms with van der Waals surface area (Å²) >= 11 is 1.72. The molecule has 0 aliphatic carbocycles. The average Bonchev–Trinajstić information content (AvgIpc) is 3.38. The van der Waals surface area contributed by atoms with E-state index in [0.29, 0.717) is 12.6 Å². The molecule has 1 fully saturated rings. The first-order valence-corrected chi connectivity index (χ1v) is 9.61. The van der Waals surface area contributed by atoms with Crippen molar-refractivity contribution in [3.63, 3.8) is 0 Å². The van der Waals surface area contributed by atoms with E-state index in [-0.39, 0.29) is 18.7 Å². The molecule has 5 nitrogen and oxygen atoms in total. The molecule has 2 aromatic rings. The first-order valence-electron chi connectivity index (χ1n) is 8.66. The lowest BCUT2D eigenvalue weighted by Gasteiger charge is -2.29. The second-order valence-electron chi connectivity index (χ2n) is 6.53. The van der Waals surface area contributed by atoms with Crippen molar-refractivity contribution < 1.29 is 14.3 Å². The van der Waals surface area contributed by atoms with E-state index in [2.05, 4.69) is 27.0 Å². The zero-order valence-electron chi connectivity index (χ0n) is 14.2. The minimum Gasteiger partial charge on any atom is -0.454 e. The van der Waals surface area contributed by atoms with Crippen molar-refractivity contribution in [2.24, 2.45) is 0 Å². The maximum absolute atomic E-state index is 12.6. The molecule has 25 heavy (non-hydrogen) atoms. The van der Waals surface area contributed by atoms with Crippen LogP contribution >= 0.6 is 11.3 Å². The van der Waals surface area contributed by atoms with Crippen molar-refractivity contribution in [1.82, 2.24) is 10.2 Å². The summed E-state index contributed by atoms with van der Waals surface area (Å²) in [4.78, 5) is 15.0. The van der Waals surface area contributed by atoms with Gasteiger partial charge in [0.1, 0.15) is 0 Å². The van der Waals surface area contributed by atoms with Gasteiger partial charge in [0.15, 0.2) is 11.5 Å². The molecule has 0 radical (unpaired) electrons. The second-order valence-corrected chi connectivity index (χ2v) is 7.31. The van der Waals surface area contributed by atoms with Crippen LogP contribution in [0.4, 0.5) is 0 Å². The molecule has 1 amide bonds. The van der Waals surface area contributed by atoms with Crippen LogP contribution in [-0.2, 0) is 11.3 Å². The Hall–Kier alpha value is -2.05. The van der Waals surface area contributed by atoms with Gasteiger partial charge in [-0.1, -0.05) is 6.07 Å². The molecule has 132 valence electrons. The highest BCUT2D eigenvalue weighted by atomic mass is 32.1. The summed E-state index contributed by atoms with van der Waals surface area (Å²) in [7, 11) is 0. The molecule has 2 aliphatic heterocycles. The molecule has 0 spiro atoms. The monoisotopic (exact) mass is 358 g/mol. The van der Waals surface area contributed by atoms with Crippen LogP contribution in [0.3, 0.4) is 0 Å². The van der Waals surface area contributed by atoms with Gasteiger partial charge in [-0.2, -0.15) is 11.3 Å². The summed E-state index contributed by atoms with van der Waals surface area (Å²) in [5.74, 6) is 1.58. The molecule has 2 atom stereocenters. The van der Waals surface area contributed by atoms with Gasteiger partial charge >= 0.3 is 0 Å². The van der Waals surface area contributed by atoms with E-state index in [4.69, 9.17) is 9.47 Å². The number of nitrogens with zero attached hydrogens (tertiary/aromatic N) is 1. The predicted octanol–water partition coefficient (Wildman–Crippen LogP) is 3.32. The Bertz CT molecular complexity index is 747.